The Morgan fingerprint density at radius 2 is 2.11 bits per heavy atom. The van der Waals surface area contributed by atoms with Crippen LogP contribution in [0.4, 0.5) is 0 Å². The number of rotatable bonds is 5. The van der Waals surface area contributed by atoms with Crippen LogP contribution in [-0.2, 0) is 0 Å². The number of halogens is 1. The largest absolute Gasteiger partial charge is 0.493 e. The van der Waals surface area contributed by atoms with E-state index in [0.29, 0.717) is 6.42 Å². The Balaban J connectivity index is 3.29. The van der Waals surface area contributed by atoms with Gasteiger partial charge in [-0.2, -0.15) is 0 Å². The third-order valence-electron chi connectivity index (χ3n) is 3.08. The maximum absolute atomic E-state index is 6.26. The van der Waals surface area contributed by atoms with Gasteiger partial charge in [0.15, 0.2) is 0 Å². The fraction of sp³-hybridized carbons (Fsp3) is 0.500. The van der Waals surface area contributed by atoms with E-state index in [1.54, 1.807) is 0 Å². The average Bonchev–Trinajstić information content (AvgIpc) is 2.32. The molecule has 1 aromatic rings. The van der Waals surface area contributed by atoms with E-state index in [9.17, 15) is 0 Å². The summed E-state index contributed by atoms with van der Waals surface area (Å²) in [5, 5.41) is 0.787. The van der Waals surface area contributed by atoms with Gasteiger partial charge in [-0.15, -0.1) is 12.3 Å². The lowest BCUT2D eigenvalue weighted by Crippen LogP contribution is -2.06. The summed E-state index contributed by atoms with van der Waals surface area (Å²) < 4.78 is 5.89. The van der Waals surface area contributed by atoms with E-state index in [1.165, 1.54) is 0 Å². The minimum atomic E-state index is 0.263. The second-order valence-corrected chi connectivity index (χ2v) is 5.11. The van der Waals surface area contributed by atoms with Gasteiger partial charge in [-0.25, -0.2) is 0 Å². The van der Waals surface area contributed by atoms with E-state index in [4.69, 9.17) is 22.8 Å². The van der Waals surface area contributed by atoms with Gasteiger partial charge in [-0.05, 0) is 43.4 Å². The van der Waals surface area contributed by atoms with Gasteiger partial charge in [0.1, 0.15) is 5.75 Å². The summed E-state index contributed by atoms with van der Waals surface area (Å²) in [6.45, 7) is 9.00. The van der Waals surface area contributed by atoms with Crippen LogP contribution in [0.5, 0.6) is 5.75 Å². The van der Waals surface area contributed by atoms with Crippen molar-refractivity contribution in [2.24, 2.45) is 0 Å². The Bertz CT molecular complexity index is 457. The van der Waals surface area contributed by atoms with Crippen molar-refractivity contribution >= 4 is 11.6 Å². The molecule has 0 fully saturated rings. The molecule has 0 saturated heterocycles. The lowest BCUT2D eigenvalue weighted by atomic mass is 9.91. The summed E-state index contributed by atoms with van der Waals surface area (Å²) in [6.07, 6.45) is 7.11. The van der Waals surface area contributed by atoms with Gasteiger partial charge in [0.05, 0.1) is 6.61 Å². The first-order valence-corrected chi connectivity index (χ1v) is 6.76. The Morgan fingerprint density at radius 3 is 2.67 bits per heavy atom. The van der Waals surface area contributed by atoms with Crippen molar-refractivity contribution in [3.05, 3.63) is 27.8 Å². The van der Waals surface area contributed by atoms with Crippen LogP contribution < -0.4 is 4.74 Å². The molecule has 0 bridgehead atoms. The molecule has 0 N–H and O–H groups in total. The van der Waals surface area contributed by atoms with E-state index in [1.807, 2.05) is 19.9 Å². The highest BCUT2D eigenvalue weighted by Crippen LogP contribution is 2.38. The number of terminal acetylenes is 1. The Hall–Kier alpha value is -1.13. The lowest BCUT2D eigenvalue weighted by molar-refractivity contribution is 0.310. The van der Waals surface area contributed by atoms with Crippen LogP contribution in [0.25, 0.3) is 0 Å². The average molecular weight is 265 g/mol. The maximum Gasteiger partial charge on any atom is 0.126 e. The van der Waals surface area contributed by atoms with Crippen molar-refractivity contribution in [1.29, 1.82) is 0 Å². The standard InChI is InChI=1S/C16H21ClO/c1-6-8-11(3)15-13(5)14(17)10-12(4)16(15)18-9-7-2/h1,10-11H,7-9H2,2-5H3. The van der Waals surface area contributed by atoms with Gasteiger partial charge in [0.2, 0.25) is 0 Å². The summed E-state index contributed by atoms with van der Waals surface area (Å²) in [5.74, 6) is 3.94. The molecule has 1 unspecified atom stereocenters. The van der Waals surface area contributed by atoms with Gasteiger partial charge in [0, 0.05) is 17.0 Å². The topological polar surface area (TPSA) is 9.23 Å². The number of hydrogen-bond acceptors (Lipinski definition) is 1. The fourth-order valence-corrected chi connectivity index (χ4v) is 2.41. The molecule has 0 heterocycles. The third-order valence-corrected chi connectivity index (χ3v) is 3.47. The Kier molecular flexibility index (Phi) is 5.56. The van der Waals surface area contributed by atoms with E-state index in [2.05, 4.69) is 19.8 Å². The van der Waals surface area contributed by atoms with E-state index >= 15 is 0 Å². The second-order valence-electron chi connectivity index (χ2n) is 4.70. The smallest absolute Gasteiger partial charge is 0.126 e. The molecule has 2 heteroatoms. The number of hydrogen-bond donors (Lipinski definition) is 0. The second kappa shape index (κ2) is 6.71. The maximum atomic E-state index is 6.26. The van der Waals surface area contributed by atoms with E-state index < -0.39 is 0 Å². The number of ether oxygens (including phenoxy) is 1. The van der Waals surface area contributed by atoms with Crippen LogP contribution in [0, 0.1) is 26.2 Å². The molecule has 0 spiro atoms. The Morgan fingerprint density at radius 1 is 1.44 bits per heavy atom. The molecule has 1 aromatic carbocycles. The minimum absolute atomic E-state index is 0.263. The van der Waals surface area contributed by atoms with Gasteiger partial charge in [0.25, 0.3) is 0 Å². The molecule has 98 valence electrons. The van der Waals surface area contributed by atoms with Crippen LogP contribution in [-0.4, -0.2) is 6.61 Å². The first-order valence-electron chi connectivity index (χ1n) is 6.38. The molecule has 1 nitrogen and oxygen atoms in total. The molecule has 1 rings (SSSR count). The first kappa shape index (κ1) is 14.9. The van der Waals surface area contributed by atoms with Crippen molar-refractivity contribution in [2.75, 3.05) is 6.61 Å². The summed E-state index contributed by atoms with van der Waals surface area (Å²) >= 11 is 6.26. The molecule has 0 aliphatic carbocycles. The highest BCUT2D eigenvalue weighted by Gasteiger charge is 2.18. The van der Waals surface area contributed by atoms with E-state index in [-0.39, 0.29) is 5.92 Å². The first-order chi connectivity index (χ1) is 8.52. The Labute approximate surface area is 115 Å². The monoisotopic (exact) mass is 264 g/mol. The molecule has 18 heavy (non-hydrogen) atoms. The zero-order valence-corrected chi connectivity index (χ0v) is 12.4. The predicted octanol–water partition coefficient (Wildman–Crippen LogP) is 4.87. The van der Waals surface area contributed by atoms with Crippen LogP contribution in [0.1, 0.15) is 49.3 Å². The molecule has 0 aliphatic heterocycles. The highest BCUT2D eigenvalue weighted by molar-refractivity contribution is 6.31. The third kappa shape index (κ3) is 3.21. The van der Waals surface area contributed by atoms with Crippen molar-refractivity contribution in [3.63, 3.8) is 0 Å². The van der Waals surface area contributed by atoms with Crippen molar-refractivity contribution in [2.45, 2.75) is 46.5 Å². The van der Waals surface area contributed by atoms with Gasteiger partial charge in [-0.3, -0.25) is 0 Å². The molecule has 1 atom stereocenters. The van der Waals surface area contributed by atoms with Gasteiger partial charge < -0.3 is 4.74 Å². The zero-order chi connectivity index (χ0) is 13.7. The van der Waals surface area contributed by atoms with Crippen molar-refractivity contribution in [1.82, 2.24) is 0 Å². The lowest BCUT2D eigenvalue weighted by Gasteiger charge is -2.21. The molecule has 0 radical (unpaired) electrons. The molecule has 0 aliphatic rings. The molecular weight excluding hydrogens is 244 g/mol. The van der Waals surface area contributed by atoms with Gasteiger partial charge >= 0.3 is 0 Å². The van der Waals surface area contributed by atoms with Crippen molar-refractivity contribution < 1.29 is 4.74 Å². The van der Waals surface area contributed by atoms with Crippen LogP contribution in [0.15, 0.2) is 6.07 Å². The zero-order valence-electron chi connectivity index (χ0n) is 11.6. The summed E-state index contributed by atoms with van der Waals surface area (Å²) in [7, 11) is 0. The summed E-state index contributed by atoms with van der Waals surface area (Å²) in [5.41, 5.74) is 3.32. The van der Waals surface area contributed by atoms with E-state index in [0.717, 1.165) is 40.5 Å². The van der Waals surface area contributed by atoms with Crippen molar-refractivity contribution in [3.8, 4) is 18.1 Å². The number of aryl methyl sites for hydroxylation is 1. The summed E-state index contributed by atoms with van der Waals surface area (Å²) in [6, 6.07) is 1.97. The van der Waals surface area contributed by atoms with Crippen LogP contribution in [0.3, 0.4) is 0 Å². The SMILES string of the molecule is C#CCC(C)c1c(C)c(Cl)cc(C)c1OCCC. The normalized spacial score (nSPS) is 12.0. The van der Waals surface area contributed by atoms with Gasteiger partial charge in [-0.1, -0.05) is 25.4 Å². The summed E-state index contributed by atoms with van der Waals surface area (Å²) in [4.78, 5) is 0. The fourth-order valence-electron chi connectivity index (χ4n) is 2.14. The highest BCUT2D eigenvalue weighted by atomic mass is 35.5. The molecule has 0 amide bonds. The minimum Gasteiger partial charge on any atom is -0.493 e. The quantitative estimate of drug-likeness (QED) is 0.689. The molecule has 0 aromatic heterocycles. The predicted molar refractivity (Wildman–Crippen MR) is 78.6 cm³/mol. The van der Waals surface area contributed by atoms with Crippen LogP contribution >= 0.6 is 11.6 Å². The van der Waals surface area contributed by atoms with Crippen LogP contribution in [0.2, 0.25) is 5.02 Å². The molecule has 0 saturated carbocycles. The number of benzene rings is 1. The molecular formula is C16H21ClO.